The van der Waals surface area contributed by atoms with Gasteiger partial charge in [-0.1, -0.05) is 0 Å². The van der Waals surface area contributed by atoms with Gasteiger partial charge in [-0.2, -0.15) is 0 Å². The molecule has 0 amide bonds. The van der Waals surface area contributed by atoms with Crippen molar-refractivity contribution in [3.05, 3.63) is 29.3 Å². The van der Waals surface area contributed by atoms with Crippen molar-refractivity contribution in [3.63, 3.8) is 0 Å². The molecule has 1 aromatic rings. The van der Waals surface area contributed by atoms with Crippen LogP contribution in [0.1, 0.15) is 13.3 Å². The summed E-state index contributed by atoms with van der Waals surface area (Å²) < 4.78 is 53.8. The largest absolute Gasteiger partial charge is 0.466 e. The van der Waals surface area contributed by atoms with E-state index in [1.165, 1.54) is 25.2 Å². The number of esters is 1. The van der Waals surface area contributed by atoms with E-state index in [1.807, 2.05) is 0 Å². The van der Waals surface area contributed by atoms with Crippen molar-refractivity contribution in [1.29, 1.82) is 0 Å². The van der Waals surface area contributed by atoms with Gasteiger partial charge >= 0.3 is 5.97 Å². The molecule has 0 radical (unpaired) electrons. The van der Waals surface area contributed by atoms with Gasteiger partial charge in [0, 0.05) is 12.7 Å². The molecule has 0 fully saturated rings. The van der Waals surface area contributed by atoms with Gasteiger partial charge in [0.25, 0.3) is 0 Å². The molecule has 1 N–H and O–H groups in total. The second-order valence-electron chi connectivity index (χ2n) is 5.21. The number of ether oxygens (including phenoxy) is 1. The molecule has 10 heteroatoms. The van der Waals surface area contributed by atoms with Gasteiger partial charge in [0.1, 0.15) is 0 Å². The highest BCUT2D eigenvalue weighted by molar-refractivity contribution is 7.94. The Hall–Kier alpha value is -2.07. The van der Waals surface area contributed by atoms with E-state index in [4.69, 9.17) is 4.74 Å². The fraction of sp³-hybridized carbons (Fsp3) is 0.357. The lowest BCUT2D eigenvalue weighted by Gasteiger charge is -2.22. The number of benzene rings is 1. The Morgan fingerprint density at radius 3 is 2.58 bits per heavy atom. The summed E-state index contributed by atoms with van der Waals surface area (Å²) in [4.78, 5) is 11.5. The maximum atomic E-state index is 12.4. The molecule has 0 aliphatic carbocycles. The molecular weight excluding hydrogens is 356 g/mol. The van der Waals surface area contributed by atoms with E-state index in [-0.39, 0.29) is 35.0 Å². The summed E-state index contributed by atoms with van der Waals surface area (Å²) >= 11 is 0. The number of carbonyl (C=O) groups excluding carboxylic acids is 1. The first-order valence-electron chi connectivity index (χ1n) is 7.01. The first-order chi connectivity index (χ1) is 11.0. The highest BCUT2D eigenvalue weighted by atomic mass is 32.2. The van der Waals surface area contributed by atoms with Gasteiger partial charge in [-0.05, 0) is 25.1 Å². The Balaban J connectivity index is 2.39. The summed E-state index contributed by atoms with van der Waals surface area (Å²) in [6, 6.07) is 4.22. The smallest absolute Gasteiger partial charge is 0.311 e. The summed E-state index contributed by atoms with van der Waals surface area (Å²) in [6.07, 6.45) is 0.827. The molecule has 0 bridgehead atoms. The van der Waals surface area contributed by atoms with Crippen LogP contribution in [-0.2, 0) is 29.4 Å². The molecule has 0 saturated heterocycles. The third kappa shape index (κ3) is 3.88. The molecule has 1 aliphatic heterocycles. The molecular formula is C14H18N2O6S2. The molecule has 1 heterocycles. The zero-order valence-electron chi connectivity index (χ0n) is 13.4. The van der Waals surface area contributed by atoms with Gasteiger partial charge in [-0.3, -0.25) is 9.10 Å². The molecule has 0 saturated carbocycles. The zero-order valence-corrected chi connectivity index (χ0v) is 15.1. The van der Waals surface area contributed by atoms with E-state index in [0.29, 0.717) is 0 Å². The number of sulfone groups is 1. The van der Waals surface area contributed by atoms with Crippen LogP contribution in [0.15, 0.2) is 34.2 Å². The Kier molecular flexibility index (Phi) is 4.90. The summed E-state index contributed by atoms with van der Waals surface area (Å²) in [5.41, 5.74) is 0.705. The van der Waals surface area contributed by atoms with Crippen LogP contribution >= 0.6 is 0 Å². The van der Waals surface area contributed by atoms with E-state index < -0.39 is 25.8 Å². The van der Waals surface area contributed by atoms with Crippen molar-refractivity contribution >= 4 is 37.2 Å². The van der Waals surface area contributed by atoms with E-state index >= 15 is 0 Å². The van der Waals surface area contributed by atoms with E-state index in [0.717, 1.165) is 16.0 Å². The SMILES string of the molecule is CCOC(=O)CC1=CS(=O)(=O)c2cc(N(C)S(C)(=O)=O)ccc2N1. The molecule has 0 aromatic heterocycles. The molecule has 0 spiro atoms. The molecule has 2 rings (SSSR count). The monoisotopic (exact) mass is 374 g/mol. The van der Waals surface area contributed by atoms with Crippen molar-refractivity contribution in [1.82, 2.24) is 0 Å². The summed E-state index contributed by atoms with van der Waals surface area (Å²) in [7, 11) is -5.98. The number of carbonyl (C=O) groups is 1. The first kappa shape index (κ1) is 18.3. The molecule has 0 atom stereocenters. The molecule has 1 aromatic carbocycles. The van der Waals surface area contributed by atoms with Gasteiger partial charge in [0.05, 0.1) is 41.0 Å². The van der Waals surface area contributed by atoms with E-state index in [1.54, 1.807) is 6.92 Å². The van der Waals surface area contributed by atoms with Crippen LogP contribution in [0.2, 0.25) is 0 Å². The predicted octanol–water partition coefficient (Wildman–Crippen LogP) is 1.08. The average Bonchev–Trinajstić information content (AvgIpc) is 2.44. The number of sulfonamides is 1. The van der Waals surface area contributed by atoms with Crippen LogP contribution < -0.4 is 9.62 Å². The van der Waals surface area contributed by atoms with Gasteiger partial charge in [0.2, 0.25) is 19.9 Å². The van der Waals surface area contributed by atoms with Crippen molar-refractivity contribution in [2.24, 2.45) is 0 Å². The third-order valence-corrected chi connectivity index (χ3v) is 6.12. The average molecular weight is 374 g/mol. The van der Waals surface area contributed by atoms with Crippen molar-refractivity contribution in [2.75, 3.05) is 29.5 Å². The number of nitrogens with zero attached hydrogens (tertiary/aromatic N) is 1. The number of fused-ring (bicyclic) bond motifs is 1. The molecule has 8 nitrogen and oxygen atoms in total. The van der Waals surface area contributed by atoms with Crippen LogP contribution in [0, 0.1) is 0 Å². The van der Waals surface area contributed by atoms with E-state index in [2.05, 4.69) is 5.32 Å². The van der Waals surface area contributed by atoms with Crippen molar-refractivity contribution < 1.29 is 26.4 Å². The Bertz CT molecular complexity index is 903. The lowest BCUT2D eigenvalue weighted by atomic mass is 10.2. The lowest BCUT2D eigenvalue weighted by Crippen LogP contribution is -2.25. The Morgan fingerprint density at radius 2 is 2.00 bits per heavy atom. The second-order valence-corrected chi connectivity index (χ2v) is 8.99. The fourth-order valence-electron chi connectivity index (χ4n) is 2.14. The molecule has 1 aliphatic rings. The van der Waals surface area contributed by atoms with E-state index in [9.17, 15) is 21.6 Å². The van der Waals surface area contributed by atoms with Gasteiger partial charge in [-0.25, -0.2) is 16.8 Å². The summed E-state index contributed by atoms with van der Waals surface area (Å²) in [6.45, 7) is 1.86. The minimum absolute atomic E-state index is 0.0527. The highest BCUT2D eigenvalue weighted by Crippen LogP contribution is 2.34. The van der Waals surface area contributed by atoms with Crippen LogP contribution in [0.5, 0.6) is 0 Å². The minimum atomic E-state index is -3.81. The van der Waals surface area contributed by atoms with Crippen LogP contribution in [0.4, 0.5) is 11.4 Å². The topological polar surface area (TPSA) is 110 Å². The lowest BCUT2D eigenvalue weighted by molar-refractivity contribution is -0.142. The van der Waals surface area contributed by atoms with Crippen molar-refractivity contribution in [3.8, 4) is 0 Å². The maximum absolute atomic E-state index is 12.4. The standard InChI is InChI=1S/C14H18N2O6S2/c1-4-22-14(17)7-10-9-24(20,21)13-8-11(5-6-12(13)15-10)16(2)23(3,18)19/h5-6,8-9,15H,4,7H2,1-3H3. The summed E-state index contributed by atoms with van der Waals surface area (Å²) in [5, 5.41) is 3.81. The summed E-state index contributed by atoms with van der Waals surface area (Å²) in [5.74, 6) is -0.539. The number of hydrogen-bond donors (Lipinski definition) is 1. The van der Waals surface area contributed by atoms with Gasteiger partial charge in [0.15, 0.2) is 0 Å². The van der Waals surface area contributed by atoms with Crippen LogP contribution in [-0.4, -0.2) is 42.7 Å². The minimum Gasteiger partial charge on any atom is -0.466 e. The predicted molar refractivity (Wildman–Crippen MR) is 89.8 cm³/mol. The highest BCUT2D eigenvalue weighted by Gasteiger charge is 2.26. The fourth-order valence-corrected chi connectivity index (χ4v) is 3.99. The van der Waals surface area contributed by atoms with Crippen LogP contribution in [0.25, 0.3) is 0 Å². The number of hydrogen-bond acceptors (Lipinski definition) is 7. The Morgan fingerprint density at radius 1 is 1.33 bits per heavy atom. The third-order valence-electron chi connectivity index (χ3n) is 3.37. The van der Waals surface area contributed by atoms with Gasteiger partial charge < -0.3 is 10.1 Å². The second kappa shape index (κ2) is 6.44. The van der Waals surface area contributed by atoms with Gasteiger partial charge in [-0.15, -0.1) is 0 Å². The maximum Gasteiger partial charge on any atom is 0.311 e. The zero-order chi connectivity index (χ0) is 18.1. The quantitative estimate of drug-likeness (QED) is 0.768. The molecule has 24 heavy (non-hydrogen) atoms. The number of nitrogens with one attached hydrogen (secondary N) is 1. The van der Waals surface area contributed by atoms with Crippen LogP contribution in [0.3, 0.4) is 0 Å². The number of rotatable bonds is 5. The van der Waals surface area contributed by atoms with Crippen molar-refractivity contribution in [2.45, 2.75) is 18.2 Å². The first-order valence-corrected chi connectivity index (χ1v) is 10.4. The molecule has 0 unspecified atom stereocenters. The normalized spacial score (nSPS) is 15.7. The Labute approximate surface area is 141 Å². The number of anilines is 2. The molecule has 132 valence electrons.